The highest BCUT2D eigenvalue weighted by atomic mass is 16.5. The Morgan fingerprint density at radius 1 is 1.24 bits per heavy atom. The molecule has 0 aromatic heterocycles. The molecule has 1 aromatic rings. The van der Waals surface area contributed by atoms with Crippen molar-refractivity contribution in [3.05, 3.63) is 29.3 Å². The lowest BCUT2D eigenvalue weighted by Crippen LogP contribution is -2.47. The molecule has 1 rings (SSSR count). The lowest BCUT2D eigenvalue weighted by Gasteiger charge is -2.21. The molecule has 1 aromatic carbocycles. The summed E-state index contributed by atoms with van der Waals surface area (Å²) in [6.45, 7) is 5.65. The number of nitrogens with one attached hydrogen (secondary N) is 3. The molecule has 0 aliphatic rings. The van der Waals surface area contributed by atoms with Crippen LogP contribution < -0.4 is 20.7 Å². The van der Waals surface area contributed by atoms with E-state index in [1.165, 1.54) is 7.05 Å². The lowest BCUT2D eigenvalue weighted by molar-refractivity contribution is -0.121. The van der Waals surface area contributed by atoms with Crippen LogP contribution in [0.25, 0.3) is 0 Å². The van der Waals surface area contributed by atoms with Gasteiger partial charge >= 0.3 is 6.03 Å². The van der Waals surface area contributed by atoms with Crippen molar-refractivity contribution in [2.24, 2.45) is 0 Å². The van der Waals surface area contributed by atoms with Crippen LogP contribution in [0.3, 0.4) is 0 Å². The number of benzene rings is 1. The van der Waals surface area contributed by atoms with Gasteiger partial charge in [0.1, 0.15) is 5.75 Å². The number of amides is 3. The minimum absolute atomic E-state index is 0.0923. The second-order valence-electron chi connectivity index (χ2n) is 4.92. The van der Waals surface area contributed by atoms with E-state index in [-0.39, 0.29) is 11.9 Å². The Morgan fingerprint density at radius 2 is 1.90 bits per heavy atom. The van der Waals surface area contributed by atoms with Crippen molar-refractivity contribution in [2.45, 2.75) is 32.9 Å². The number of imide groups is 1. The van der Waals surface area contributed by atoms with Crippen LogP contribution >= 0.6 is 0 Å². The van der Waals surface area contributed by atoms with Crippen LogP contribution in [0.4, 0.5) is 4.79 Å². The molecule has 0 bridgehead atoms. The third-order valence-corrected chi connectivity index (χ3v) is 3.21. The monoisotopic (exact) mass is 293 g/mol. The van der Waals surface area contributed by atoms with Gasteiger partial charge in [-0.05, 0) is 26.8 Å². The highest BCUT2D eigenvalue weighted by Gasteiger charge is 2.19. The first-order chi connectivity index (χ1) is 9.88. The molecule has 6 nitrogen and oxygen atoms in total. The van der Waals surface area contributed by atoms with E-state index in [0.717, 1.165) is 16.9 Å². The second kappa shape index (κ2) is 7.64. The molecule has 21 heavy (non-hydrogen) atoms. The van der Waals surface area contributed by atoms with Crippen molar-refractivity contribution in [2.75, 3.05) is 14.2 Å². The number of methoxy groups -OCH3 is 1. The molecule has 0 saturated carbocycles. The predicted octanol–water partition coefficient (Wildman–Crippen LogP) is 1.50. The third kappa shape index (κ3) is 4.75. The van der Waals surface area contributed by atoms with E-state index < -0.39 is 12.1 Å². The maximum Gasteiger partial charge on any atom is 0.321 e. The van der Waals surface area contributed by atoms with Crippen LogP contribution in [0, 0.1) is 6.92 Å². The largest absolute Gasteiger partial charge is 0.496 e. The molecule has 0 radical (unpaired) electrons. The molecule has 2 atom stereocenters. The standard InChI is InChI=1S/C15H23N3O3/c1-9-6-7-13(21-5)12(8-9)10(2)17-11(3)14(19)18-15(20)16-4/h6-8,10-11,17H,1-5H3,(H2,16,18,19,20)/t10-,11-/m0/s1. The number of ether oxygens (including phenoxy) is 1. The summed E-state index contributed by atoms with van der Waals surface area (Å²) in [5.74, 6) is 0.382. The van der Waals surface area contributed by atoms with E-state index in [1.807, 2.05) is 32.0 Å². The summed E-state index contributed by atoms with van der Waals surface area (Å²) >= 11 is 0. The average Bonchev–Trinajstić information content (AvgIpc) is 2.46. The zero-order valence-corrected chi connectivity index (χ0v) is 13.1. The second-order valence-corrected chi connectivity index (χ2v) is 4.92. The minimum atomic E-state index is -0.519. The molecular weight excluding hydrogens is 270 g/mol. The Labute approximate surface area is 125 Å². The van der Waals surface area contributed by atoms with Gasteiger partial charge in [-0.2, -0.15) is 0 Å². The van der Waals surface area contributed by atoms with Crippen LogP contribution in [0.2, 0.25) is 0 Å². The topological polar surface area (TPSA) is 79.5 Å². The Morgan fingerprint density at radius 3 is 2.48 bits per heavy atom. The molecule has 0 unspecified atom stereocenters. The number of hydrogen-bond acceptors (Lipinski definition) is 4. The highest BCUT2D eigenvalue weighted by Crippen LogP contribution is 2.26. The van der Waals surface area contributed by atoms with Crippen molar-refractivity contribution in [1.82, 2.24) is 16.0 Å². The van der Waals surface area contributed by atoms with Gasteiger partial charge in [-0.25, -0.2) is 4.79 Å². The number of aryl methyl sites for hydroxylation is 1. The molecule has 3 N–H and O–H groups in total. The SMILES string of the molecule is CNC(=O)NC(=O)[C@H](C)N[C@@H](C)c1cc(C)ccc1OC. The van der Waals surface area contributed by atoms with E-state index >= 15 is 0 Å². The van der Waals surface area contributed by atoms with Crippen LogP contribution in [-0.2, 0) is 4.79 Å². The summed E-state index contributed by atoms with van der Waals surface area (Å²) in [6, 6.07) is 4.76. The summed E-state index contributed by atoms with van der Waals surface area (Å²) in [4.78, 5) is 23.0. The minimum Gasteiger partial charge on any atom is -0.496 e. The summed E-state index contributed by atoms with van der Waals surface area (Å²) in [6.07, 6.45) is 0. The zero-order chi connectivity index (χ0) is 16.0. The van der Waals surface area contributed by atoms with Crippen molar-refractivity contribution >= 4 is 11.9 Å². The van der Waals surface area contributed by atoms with Gasteiger partial charge in [-0.15, -0.1) is 0 Å². The fourth-order valence-corrected chi connectivity index (χ4v) is 2.02. The van der Waals surface area contributed by atoms with E-state index in [1.54, 1.807) is 14.0 Å². The van der Waals surface area contributed by atoms with Crippen LogP contribution in [0.1, 0.15) is 31.0 Å². The molecule has 0 aliphatic heterocycles. The molecule has 6 heteroatoms. The van der Waals surface area contributed by atoms with Gasteiger partial charge in [0.15, 0.2) is 0 Å². The van der Waals surface area contributed by atoms with Crippen LogP contribution in [0.5, 0.6) is 5.75 Å². The van der Waals surface area contributed by atoms with E-state index in [9.17, 15) is 9.59 Å². The number of rotatable bonds is 5. The summed E-state index contributed by atoms with van der Waals surface area (Å²) < 4.78 is 5.34. The molecule has 0 spiro atoms. The predicted molar refractivity (Wildman–Crippen MR) is 81.3 cm³/mol. The van der Waals surface area contributed by atoms with Gasteiger partial charge in [0.2, 0.25) is 5.91 Å². The van der Waals surface area contributed by atoms with Crippen molar-refractivity contribution < 1.29 is 14.3 Å². The maximum absolute atomic E-state index is 11.8. The van der Waals surface area contributed by atoms with Gasteiger partial charge in [0.05, 0.1) is 13.2 Å². The van der Waals surface area contributed by atoms with Gasteiger partial charge < -0.3 is 10.1 Å². The first kappa shape index (κ1) is 17.0. The van der Waals surface area contributed by atoms with Crippen molar-refractivity contribution in [3.8, 4) is 5.75 Å². The van der Waals surface area contributed by atoms with E-state index in [4.69, 9.17) is 4.74 Å². The quantitative estimate of drug-likeness (QED) is 0.768. The molecule has 0 saturated heterocycles. The number of carbonyl (C=O) groups excluding carboxylic acids is 2. The number of urea groups is 1. The molecule has 116 valence electrons. The maximum atomic E-state index is 11.8. The summed E-state index contributed by atoms with van der Waals surface area (Å²) in [5, 5.41) is 7.74. The van der Waals surface area contributed by atoms with E-state index in [0.29, 0.717) is 0 Å². The van der Waals surface area contributed by atoms with Gasteiger partial charge in [-0.3, -0.25) is 15.4 Å². The smallest absolute Gasteiger partial charge is 0.321 e. The number of hydrogen-bond donors (Lipinski definition) is 3. The molecule has 3 amide bonds. The van der Waals surface area contributed by atoms with Crippen LogP contribution in [-0.4, -0.2) is 32.1 Å². The van der Waals surface area contributed by atoms with Crippen molar-refractivity contribution in [3.63, 3.8) is 0 Å². The number of carbonyl (C=O) groups is 2. The molecular formula is C15H23N3O3. The first-order valence-corrected chi connectivity index (χ1v) is 6.82. The summed E-state index contributed by atoms with van der Waals surface area (Å²) in [5.41, 5.74) is 2.08. The van der Waals surface area contributed by atoms with Gasteiger partial charge in [0, 0.05) is 18.7 Å². The summed E-state index contributed by atoms with van der Waals surface area (Å²) in [7, 11) is 3.07. The Bertz CT molecular complexity index is 517. The Balaban J connectivity index is 2.76. The Hall–Kier alpha value is -2.08. The van der Waals surface area contributed by atoms with Gasteiger partial charge in [-0.1, -0.05) is 17.7 Å². The Kier molecular flexibility index (Phi) is 6.17. The zero-order valence-electron chi connectivity index (χ0n) is 13.1. The van der Waals surface area contributed by atoms with E-state index in [2.05, 4.69) is 16.0 Å². The lowest BCUT2D eigenvalue weighted by atomic mass is 10.0. The van der Waals surface area contributed by atoms with Crippen molar-refractivity contribution in [1.29, 1.82) is 0 Å². The molecule has 0 fully saturated rings. The normalized spacial score (nSPS) is 13.2. The fourth-order valence-electron chi connectivity index (χ4n) is 2.02. The average molecular weight is 293 g/mol. The highest BCUT2D eigenvalue weighted by molar-refractivity contribution is 5.96. The molecule has 0 aliphatic carbocycles. The van der Waals surface area contributed by atoms with Crippen LogP contribution in [0.15, 0.2) is 18.2 Å². The first-order valence-electron chi connectivity index (χ1n) is 6.82. The third-order valence-electron chi connectivity index (χ3n) is 3.21. The van der Waals surface area contributed by atoms with Gasteiger partial charge in [0.25, 0.3) is 0 Å². The fraction of sp³-hybridized carbons (Fsp3) is 0.467. The molecule has 0 heterocycles.